The monoisotopic (exact) mass is 544 g/mol. The average molecular weight is 545 g/mol. The number of methoxy groups -OCH3 is 3. The molecule has 0 spiro atoms. The molecule has 0 aliphatic carbocycles. The van der Waals surface area contributed by atoms with Crippen molar-refractivity contribution in [3.8, 4) is 34.3 Å². The van der Waals surface area contributed by atoms with Crippen LogP contribution >= 0.6 is 11.6 Å². The van der Waals surface area contributed by atoms with E-state index in [1.807, 2.05) is 24.3 Å². The third-order valence-electron chi connectivity index (χ3n) is 5.72. The molecule has 2 aromatic heterocycles. The van der Waals surface area contributed by atoms with Gasteiger partial charge in [-0.15, -0.1) is 0 Å². The van der Waals surface area contributed by atoms with Crippen molar-refractivity contribution in [2.24, 2.45) is 0 Å². The van der Waals surface area contributed by atoms with E-state index in [4.69, 9.17) is 39.9 Å². The first kappa shape index (κ1) is 27.4. The number of nitrogens with one attached hydrogen (secondary N) is 1. The normalized spacial score (nSPS) is 11.3. The first-order valence-corrected chi connectivity index (χ1v) is 12.2. The van der Waals surface area contributed by atoms with Crippen LogP contribution in [0.1, 0.15) is 11.5 Å². The van der Waals surface area contributed by atoms with E-state index in [1.54, 1.807) is 39.5 Å². The highest BCUT2D eigenvalue weighted by Crippen LogP contribution is 2.30. The number of H-pyrrole nitrogens is 1. The molecule has 0 unspecified atom stereocenters. The summed E-state index contributed by atoms with van der Waals surface area (Å²) in [6.45, 7) is 3.18. The maximum absolute atomic E-state index is 11.3. The Bertz CT molecular complexity index is 1360. The van der Waals surface area contributed by atoms with Crippen molar-refractivity contribution in [2.75, 3.05) is 47.6 Å². The summed E-state index contributed by atoms with van der Waals surface area (Å²) in [4.78, 5) is 20.7. The predicted molar refractivity (Wildman–Crippen MR) is 139 cm³/mol. The Hall–Kier alpha value is -3.64. The van der Waals surface area contributed by atoms with Gasteiger partial charge in [-0.3, -0.25) is 14.4 Å². The van der Waals surface area contributed by atoms with Crippen molar-refractivity contribution in [1.82, 2.24) is 20.0 Å². The number of aromatic nitrogens is 3. The Morgan fingerprint density at radius 3 is 2.32 bits per heavy atom. The van der Waals surface area contributed by atoms with Gasteiger partial charge in [0, 0.05) is 45.0 Å². The van der Waals surface area contributed by atoms with Crippen LogP contribution in [-0.2, 0) is 22.6 Å². The van der Waals surface area contributed by atoms with Crippen molar-refractivity contribution >= 4 is 11.6 Å². The Morgan fingerprint density at radius 2 is 1.71 bits per heavy atom. The van der Waals surface area contributed by atoms with Gasteiger partial charge in [0.1, 0.15) is 23.8 Å². The minimum Gasteiger partial charge on any atom is -0.497 e. The zero-order valence-electron chi connectivity index (χ0n) is 21.4. The molecule has 4 rings (SSSR count). The van der Waals surface area contributed by atoms with E-state index >= 15 is 0 Å². The van der Waals surface area contributed by atoms with Crippen LogP contribution in [0.5, 0.6) is 11.5 Å². The molecule has 2 heterocycles. The van der Waals surface area contributed by atoms with E-state index in [1.165, 1.54) is 0 Å². The van der Waals surface area contributed by atoms with E-state index in [0.29, 0.717) is 60.8 Å². The van der Waals surface area contributed by atoms with Gasteiger partial charge in [0.2, 0.25) is 5.89 Å². The fourth-order valence-corrected chi connectivity index (χ4v) is 3.93. The molecule has 11 nitrogen and oxygen atoms in total. The molecule has 202 valence electrons. The van der Waals surface area contributed by atoms with E-state index in [-0.39, 0.29) is 12.4 Å². The fraction of sp³-hybridized carbons (Fsp3) is 0.346. The number of hydrogen-bond acceptors (Lipinski definition) is 10. The molecule has 12 heteroatoms. The highest BCUT2D eigenvalue weighted by molar-refractivity contribution is 6.33. The molecule has 1 N–H and O–H groups in total. The van der Waals surface area contributed by atoms with Crippen molar-refractivity contribution in [3.63, 3.8) is 0 Å². The summed E-state index contributed by atoms with van der Waals surface area (Å²) in [5.41, 5.74) is 2.07. The summed E-state index contributed by atoms with van der Waals surface area (Å²) in [5.74, 6) is 1.88. The van der Waals surface area contributed by atoms with Crippen LogP contribution in [0.3, 0.4) is 0 Å². The van der Waals surface area contributed by atoms with Crippen LogP contribution in [0.15, 0.2) is 56.2 Å². The summed E-state index contributed by atoms with van der Waals surface area (Å²) in [7, 11) is 4.96. The van der Waals surface area contributed by atoms with E-state index in [9.17, 15) is 4.79 Å². The molecule has 2 aromatic carbocycles. The Morgan fingerprint density at radius 1 is 1.00 bits per heavy atom. The predicted octanol–water partition coefficient (Wildman–Crippen LogP) is 4.02. The lowest BCUT2D eigenvalue weighted by molar-refractivity contribution is 0.109. The third kappa shape index (κ3) is 7.01. The number of benzene rings is 2. The van der Waals surface area contributed by atoms with Gasteiger partial charge >= 0.3 is 5.76 Å². The zero-order valence-corrected chi connectivity index (χ0v) is 22.1. The second-order valence-corrected chi connectivity index (χ2v) is 8.66. The highest BCUT2D eigenvalue weighted by Gasteiger charge is 2.19. The largest absolute Gasteiger partial charge is 0.497 e. The fourth-order valence-electron chi connectivity index (χ4n) is 3.67. The zero-order chi connectivity index (χ0) is 26.9. The van der Waals surface area contributed by atoms with Gasteiger partial charge in [-0.25, -0.2) is 9.78 Å². The van der Waals surface area contributed by atoms with E-state index < -0.39 is 5.76 Å². The molecule has 0 saturated carbocycles. The summed E-state index contributed by atoms with van der Waals surface area (Å²) in [5, 5.41) is 4.01. The molecular weight excluding hydrogens is 516 g/mol. The van der Waals surface area contributed by atoms with Crippen LogP contribution in [0.25, 0.3) is 22.8 Å². The average Bonchev–Trinajstić information content (AvgIpc) is 3.55. The number of hydrogen-bond donors (Lipinski definition) is 1. The van der Waals surface area contributed by atoms with Crippen LogP contribution < -0.4 is 15.2 Å². The number of halogens is 1. The van der Waals surface area contributed by atoms with Crippen LogP contribution in [-0.4, -0.2) is 67.7 Å². The summed E-state index contributed by atoms with van der Waals surface area (Å²) >= 11 is 6.40. The summed E-state index contributed by atoms with van der Waals surface area (Å²) in [6.07, 6.45) is 0. The molecule has 0 saturated heterocycles. The van der Waals surface area contributed by atoms with Gasteiger partial charge < -0.3 is 23.4 Å². The Kier molecular flexibility index (Phi) is 9.55. The van der Waals surface area contributed by atoms with Gasteiger partial charge in [0.25, 0.3) is 0 Å². The van der Waals surface area contributed by atoms with Crippen LogP contribution in [0.2, 0.25) is 5.02 Å². The van der Waals surface area contributed by atoms with Crippen molar-refractivity contribution in [3.05, 3.63) is 69.5 Å². The lowest BCUT2D eigenvalue weighted by Gasteiger charge is -2.20. The summed E-state index contributed by atoms with van der Waals surface area (Å²) in [6, 6.07) is 12.5. The summed E-state index contributed by atoms with van der Waals surface area (Å²) < 4.78 is 32.5. The number of oxazole rings is 1. The molecule has 4 aromatic rings. The number of nitrogens with zero attached hydrogens (tertiary/aromatic N) is 3. The highest BCUT2D eigenvalue weighted by atomic mass is 35.5. The second kappa shape index (κ2) is 13.2. The maximum atomic E-state index is 11.3. The minimum absolute atomic E-state index is 0.122. The number of ether oxygens (including phenoxy) is 4. The molecule has 38 heavy (non-hydrogen) atoms. The number of aromatic amines is 1. The molecule has 0 aliphatic rings. The topological polar surface area (TPSA) is 125 Å². The first-order chi connectivity index (χ1) is 18.5. The Labute approximate surface area is 224 Å². The standard InChI is InChI=1S/C26H29ClN4O7/c1-33-12-10-31(11-13-34-2)15-22-23(37-25(28-22)17-4-6-18(35-3)7-5-17)16-36-19-8-9-20(21(27)14-19)24-29-26(32)38-30-24/h4-9,14H,10-13,15-16H2,1-3H3,(H,29,30,32). The van der Waals surface area contributed by atoms with Gasteiger partial charge in [-0.05, 0) is 42.5 Å². The number of rotatable bonds is 14. The molecule has 0 fully saturated rings. The minimum atomic E-state index is -0.660. The Balaban J connectivity index is 1.56. The lowest BCUT2D eigenvalue weighted by Crippen LogP contribution is -2.30. The van der Waals surface area contributed by atoms with E-state index in [2.05, 4.69) is 19.6 Å². The SMILES string of the molecule is COCCN(CCOC)Cc1nc(-c2ccc(OC)cc2)oc1COc1ccc(-c2noc(=O)[nH]2)c(Cl)c1. The molecule has 0 radical (unpaired) electrons. The quantitative estimate of drug-likeness (QED) is 0.249. The maximum Gasteiger partial charge on any atom is 0.439 e. The van der Waals surface area contributed by atoms with Gasteiger partial charge in [0.15, 0.2) is 11.6 Å². The molecule has 0 amide bonds. The van der Waals surface area contributed by atoms with Gasteiger partial charge in [-0.1, -0.05) is 16.8 Å². The van der Waals surface area contributed by atoms with Crippen molar-refractivity contribution < 1.29 is 27.9 Å². The van der Waals surface area contributed by atoms with Gasteiger partial charge in [-0.2, -0.15) is 0 Å². The molecule has 0 atom stereocenters. The van der Waals surface area contributed by atoms with Crippen LogP contribution in [0, 0.1) is 0 Å². The second-order valence-electron chi connectivity index (χ2n) is 8.25. The first-order valence-electron chi connectivity index (χ1n) is 11.8. The van der Waals surface area contributed by atoms with Crippen molar-refractivity contribution in [2.45, 2.75) is 13.2 Å². The van der Waals surface area contributed by atoms with Crippen LogP contribution in [0.4, 0.5) is 0 Å². The van der Waals surface area contributed by atoms with Crippen molar-refractivity contribution in [1.29, 1.82) is 0 Å². The molecule has 0 aliphatic heterocycles. The third-order valence-corrected chi connectivity index (χ3v) is 6.03. The smallest absolute Gasteiger partial charge is 0.439 e. The molecule has 0 bridgehead atoms. The van der Waals surface area contributed by atoms with Gasteiger partial charge in [0.05, 0.1) is 25.3 Å². The molecular formula is C26H29ClN4O7. The lowest BCUT2D eigenvalue weighted by atomic mass is 10.2. The van der Waals surface area contributed by atoms with E-state index in [0.717, 1.165) is 17.0 Å².